The SMILES string of the molecule is CCCCCCCC(O)C=CC1CC2=C(NOCCC(=O)O)C[C@H]2C1O. The van der Waals surface area contributed by atoms with Gasteiger partial charge in [-0.25, -0.2) is 0 Å². The molecule has 0 aromatic heterocycles. The van der Waals surface area contributed by atoms with Gasteiger partial charge in [0, 0.05) is 17.5 Å². The number of nitrogens with one attached hydrogen (secondary N) is 1. The monoisotopic (exact) mass is 367 g/mol. The van der Waals surface area contributed by atoms with E-state index in [4.69, 9.17) is 9.94 Å². The van der Waals surface area contributed by atoms with E-state index in [9.17, 15) is 15.0 Å². The van der Waals surface area contributed by atoms with Crippen LogP contribution in [-0.4, -0.2) is 40.1 Å². The summed E-state index contributed by atoms with van der Waals surface area (Å²) < 4.78 is 0. The third-order valence-electron chi connectivity index (χ3n) is 5.36. The highest BCUT2D eigenvalue weighted by Crippen LogP contribution is 2.48. The van der Waals surface area contributed by atoms with Crippen LogP contribution in [0.5, 0.6) is 0 Å². The van der Waals surface area contributed by atoms with Crippen molar-refractivity contribution in [2.45, 2.75) is 76.9 Å². The first-order chi connectivity index (χ1) is 12.5. The lowest BCUT2D eigenvalue weighted by Gasteiger charge is -2.30. The second kappa shape index (κ2) is 10.7. The second-order valence-corrected chi connectivity index (χ2v) is 7.42. The molecule has 148 valence electrons. The summed E-state index contributed by atoms with van der Waals surface area (Å²) in [4.78, 5) is 15.6. The molecule has 0 amide bonds. The van der Waals surface area contributed by atoms with Crippen molar-refractivity contribution in [1.82, 2.24) is 5.48 Å². The van der Waals surface area contributed by atoms with E-state index < -0.39 is 18.2 Å². The van der Waals surface area contributed by atoms with E-state index in [0.717, 1.165) is 43.4 Å². The molecule has 2 rings (SSSR count). The highest BCUT2D eigenvalue weighted by molar-refractivity contribution is 5.66. The number of aliphatic carboxylic acids is 1. The van der Waals surface area contributed by atoms with Gasteiger partial charge < -0.3 is 15.3 Å². The van der Waals surface area contributed by atoms with Crippen molar-refractivity contribution in [3.63, 3.8) is 0 Å². The van der Waals surface area contributed by atoms with Crippen molar-refractivity contribution in [2.75, 3.05) is 6.61 Å². The minimum Gasteiger partial charge on any atom is -0.481 e. The number of carboxylic acid groups (broad SMARTS) is 1. The Bertz CT molecular complexity index is 516. The molecule has 0 saturated heterocycles. The maximum atomic E-state index is 10.5. The van der Waals surface area contributed by atoms with Crippen molar-refractivity contribution in [3.8, 4) is 0 Å². The minimum absolute atomic E-state index is 0.0306. The average molecular weight is 367 g/mol. The van der Waals surface area contributed by atoms with Crippen molar-refractivity contribution in [1.29, 1.82) is 0 Å². The van der Waals surface area contributed by atoms with Gasteiger partial charge in [0.25, 0.3) is 0 Å². The van der Waals surface area contributed by atoms with Crippen LogP contribution in [0.1, 0.15) is 64.7 Å². The Kier molecular flexibility index (Phi) is 8.62. The largest absolute Gasteiger partial charge is 0.481 e. The second-order valence-electron chi connectivity index (χ2n) is 7.42. The van der Waals surface area contributed by atoms with Gasteiger partial charge in [0.2, 0.25) is 0 Å². The lowest BCUT2D eigenvalue weighted by atomic mass is 9.83. The molecule has 0 aliphatic heterocycles. The van der Waals surface area contributed by atoms with Crippen LogP contribution in [0, 0.1) is 11.8 Å². The molecule has 2 aliphatic carbocycles. The van der Waals surface area contributed by atoms with E-state index in [0.29, 0.717) is 0 Å². The first-order valence-corrected chi connectivity index (χ1v) is 9.88. The van der Waals surface area contributed by atoms with Gasteiger partial charge in [-0.15, -0.1) is 0 Å². The molecule has 4 atom stereocenters. The molecule has 0 bridgehead atoms. The molecule has 0 aromatic carbocycles. The first-order valence-electron chi connectivity index (χ1n) is 9.88. The van der Waals surface area contributed by atoms with Crippen LogP contribution in [0.25, 0.3) is 0 Å². The quantitative estimate of drug-likeness (QED) is 0.227. The number of hydrogen-bond acceptors (Lipinski definition) is 5. The number of hydrogen-bond donors (Lipinski definition) is 4. The van der Waals surface area contributed by atoms with Gasteiger partial charge in [-0.2, -0.15) is 0 Å². The lowest BCUT2D eigenvalue weighted by molar-refractivity contribution is -0.138. The number of aliphatic hydroxyl groups excluding tert-OH is 2. The van der Waals surface area contributed by atoms with Crippen LogP contribution in [0.15, 0.2) is 23.4 Å². The fraction of sp³-hybridized carbons (Fsp3) is 0.750. The molecule has 0 spiro atoms. The zero-order valence-electron chi connectivity index (χ0n) is 15.7. The van der Waals surface area contributed by atoms with Gasteiger partial charge in [0.15, 0.2) is 0 Å². The molecule has 1 fully saturated rings. The van der Waals surface area contributed by atoms with Crippen molar-refractivity contribution < 1.29 is 25.0 Å². The molecule has 3 unspecified atom stereocenters. The average Bonchev–Trinajstić information content (AvgIpc) is 2.83. The van der Waals surface area contributed by atoms with Crippen LogP contribution >= 0.6 is 0 Å². The zero-order valence-corrected chi connectivity index (χ0v) is 15.7. The van der Waals surface area contributed by atoms with Gasteiger partial charge in [0.1, 0.15) is 0 Å². The molecule has 2 aliphatic rings. The van der Waals surface area contributed by atoms with Crippen molar-refractivity contribution in [2.24, 2.45) is 11.8 Å². The molecule has 0 aromatic rings. The summed E-state index contributed by atoms with van der Waals surface area (Å²) in [6, 6.07) is 0. The highest BCUT2D eigenvalue weighted by atomic mass is 16.6. The van der Waals surface area contributed by atoms with E-state index in [-0.39, 0.29) is 24.9 Å². The van der Waals surface area contributed by atoms with Crippen LogP contribution in [0.3, 0.4) is 0 Å². The van der Waals surface area contributed by atoms with E-state index in [2.05, 4.69) is 12.4 Å². The third kappa shape index (κ3) is 6.11. The summed E-state index contributed by atoms with van der Waals surface area (Å²) in [6.45, 7) is 2.31. The maximum absolute atomic E-state index is 10.5. The normalized spacial score (nSPS) is 26.0. The van der Waals surface area contributed by atoms with Crippen molar-refractivity contribution in [3.05, 3.63) is 23.4 Å². The van der Waals surface area contributed by atoms with Crippen LogP contribution in [0.4, 0.5) is 0 Å². The van der Waals surface area contributed by atoms with Crippen LogP contribution < -0.4 is 5.48 Å². The van der Waals surface area contributed by atoms with E-state index in [1.165, 1.54) is 19.3 Å². The molecule has 6 heteroatoms. The summed E-state index contributed by atoms with van der Waals surface area (Å²) in [5.74, 6) is -0.703. The van der Waals surface area contributed by atoms with Crippen LogP contribution in [0.2, 0.25) is 0 Å². The molecule has 6 nitrogen and oxygen atoms in total. The molecular formula is C20H33NO5. The molecule has 0 heterocycles. The molecular weight excluding hydrogens is 334 g/mol. The standard InChI is InChI=1S/C20H33NO5/c1-2-3-4-5-6-7-15(22)9-8-14-12-16-17(20(14)25)13-18(16)21-26-11-10-19(23)24/h8-9,14-15,17,20-22,25H,2-7,10-13H2,1H3,(H,23,24)/t14?,15?,17-,20?/m1/s1. The number of hydroxylamine groups is 1. The number of aliphatic hydroxyl groups is 2. The molecule has 26 heavy (non-hydrogen) atoms. The Balaban J connectivity index is 1.70. The van der Waals surface area contributed by atoms with Crippen LogP contribution in [-0.2, 0) is 9.63 Å². The first kappa shape index (κ1) is 20.9. The zero-order chi connectivity index (χ0) is 18.9. The van der Waals surface area contributed by atoms with Gasteiger partial charge in [0.05, 0.1) is 25.2 Å². The number of unbranched alkanes of at least 4 members (excludes halogenated alkanes) is 4. The molecule has 1 saturated carbocycles. The maximum Gasteiger partial charge on any atom is 0.305 e. The predicted molar refractivity (Wildman–Crippen MR) is 99.1 cm³/mol. The van der Waals surface area contributed by atoms with Gasteiger partial charge >= 0.3 is 5.97 Å². The van der Waals surface area contributed by atoms with E-state index >= 15 is 0 Å². The summed E-state index contributed by atoms with van der Waals surface area (Å²) in [6.07, 6.45) is 11.1. The van der Waals surface area contributed by atoms with Crippen molar-refractivity contribution >= 4 is 5.97 Å². The Morgan fingerprint density at radius 1 is 1.31 bits per heavy atom. The summed E-state index contributed by atoms with van der Waals surface area (Å²) >= 11 is 0. The summed E-state index contributed by atoms with van der Waals surface area (Å²) in [5, 5.41) is 29.1. The topological polar surface area (TPSA) is 99.0 Å². The summed E-state index contributed by atoms with van der Waals surface area (Å²) in [7, 11) is 0. The van der Waals surface area contributed by atoms with E-state index in [1.54, 1.807) is 0 Å². The Hall–Kier alpha value is -1.37. The summed E-state index contributed by atoms with van der Waals surface area (Å²) in [5.41, 5.74) is 4.96. The number of fused-ring (bicyclic) bond motifs is 1. The Labute approximate surface area is 155 Å². The smallest absolute Gasteiger partial charge is 0.305 e. The number of carboxylic acids is 1. The van der Waals surface area contributed by atoms with E-state index in [1.807, 2.05) is 12.2 Å². The molecule has 4 N–H and O–H groups in total. The Morgan fingerprint density at radius 3 is 2.81 bits per heavy atom. The molecule has 0 radical (unpaired) electrons. The lowest BCUT2D eigenvalue weighted by Crippen LogP contribution is -2.32. The third-order valence-corrected chi connectivity index (χ3v) is 5.36. The fourth-order valence-corrected chi connectivity index (χ4v) is 3.73. The minimum atomic E-state index is -0.888. The predicted octanol–water partition coefficient (Wildman–Crippen LogP) is 2.91. The van der Waals surface area contributed by atoms with Gasteiger partial charge in [-0.3, -0.25) is 15.1 Å². The van der Waals surface area contributed by atoms with Gasteiger partial charge in [-0.1, -0.05) is 51.2 Å². The Morgan fingerprint density at radius 2 is 2.08 bits per heavy atom. The number of rotatable bonds is 13. The fourth-order valence-electron chi connectivity index (χ4n) is 3.73. The number of allylic oxidation sites excluding steroid dienone is 1. The van der Waals surface area contributed by atoms with Gasteiger partial charge in [-0.05, 0) is 24.8 Å². The highest BCUT2D eigenvalue weighted by Gasteiger charge is 2.45. The number of carbonyl (C=O) groups is 1.